The van der Waals surface area contributed by atoms with Crippen LogP contribution in [0.5, 0.6) is 0 Å². The van der Waals surface area contributed by atoms with Crippen LogP contribution in [0.1, 0.15) is 126 Å². The van der Waals surface area contributed by atoms with Crippen LogP contribution in [-0.4, -0.2) is 124 Å². The van der Waals surface area contributed by atoms with Crippen molar-refractivity contribution in [1.29, 1.82) is 0 Å². The Morgan fingerprint density at radius 1 is 0.564 bits per heavy atom. The third kappa shape index (κ3) is 13.9. The van der Waals surface area contributed by atoms with Gasteiger partial charge in [-0.25, -0.2) is 21.5 Å². The first-order valence-corrected chi connectivity index (χ1v) is 30.3. The molecule has 2 saturated heterocycles. The Balaban J connectivity index is 0.000000226. The maximum Gasteiger partial charge on any atom is 0.253 e. The van der Waals surface area contributed by atoms with E-state index in [-0.39, 0.29) is 36.2 Å². The Kier molecular flexibility index (Phi) is 19.2. The molecule has 24 heteroatoms. The Labute approximate surface area is 476 Å². The van der Waals surface area contributed by atoms with Crippen molar-refractivity contribution in [2.45, 2.75) is 139 Å². The number of aryl methyl sites for hydroxylation is 2. The number of halogens is 4. The number of aromatic nitrogens is 8. The second-order valence-corrected chi connectivity index (χ2v) is 28.7. The Morgan fingerprint density at radius 2 is 0.987 bits per heavy atom. The predicted octanol–water partition coefficient (Wildman–Crippen LogP) is 9.52. The Bertz CT molecular complexity index is 3280. The van der Waals surface area contributed by atoms with Gasteiger partial charge in [0.05, 0.1) is 40.1 Å². The number of carbonyl (C=O) groups excluding carboxylic acids is 2. The fourth-order valence-corrected chi connectivity index (χ4v) is 12.9. The van der Waals surface area contributed by atoms with E-state index >= 15 is 0 Å². The number of hydrogen-bond acceptors (Lipinski definition) is 14. The number of amides is 2. The zero-order chi connectivity index (χ0) is 57.1. The van der Waals surface area contributed by atoms with Crippen LogP contribution < -0.4 is 0 Å². The molecule has 8 atom stereocenters. The number of hydrogen-bond donors (Lipinski definition) is 0. The van der Waals surface area contributed by atoms with Crippen molar-refractivity contribution < 1.29 is 35.9 Å². The van der Waals surface area contributed by atoms with Gasteiger partial charge in [0, 0.05) is 52.1 Å². The van der Waals surface area contributed by atoms with Crippen LogP contribution in [0.2, 0.25) is 20.1 Å². The highest BCUT2D eigenvalue weighted by Crippen LogP contribution is 2.47. The van der Waals surface area contributed by atoms with Crippen LogP contribution in [0.4, 0.5) is 0 Å². The van der Waals surface area contributed by atoms with Crippen LogP contribution in [0.25, 0.3) is 0 Å². The average molecular weight is 1190 g/mol. The number of rotatable bonds is 16. The number of morpholine rings is 2. The minimum absolute atomic E-state index is 0.0794. The number of nitrogens with zero attached hydrogens (tertiary/aromatic N) is 10. The highest BCUT2D eigenvalue weighted by Gasteiger charge is 2.50. The van der Waals surface area contributed by atoms with E-state index in [9.17, 15) is 26.4 Å². The van der Waals surface area contributed by atoms with Crippen LogP contribution in [0.3, 0.4) is 0 Å². The first-order valence-electron chi connectivity index (χ1n) is 25.5. The number of benzene rings is 4. The molecule has 78 heavy (non-hydrogen) atoms. The summed E-state index contributed by atoms with van der Waals surface area (Å²) >= 11 is 25.2. The molecule has 6 aromatic rings. The Hall–Kier alpha value is -5.06. The summed E-state index contributed by atoms with van der Waals surface area (Å²) in [5, 5.41) is 25.9. The summed E-state index contributed by atoms with van der Waals surface area (Å²) in [7, 11) is -3.81. The highest BCUT2D eigenvalue weighted by atomic mass is 35.5. The van der Waals surface area contributed by atoms with Gasteiger partial charge in [0.1, 0.15) is 24.4 Å². The molecule has 4 aromatic carbocycles. The van der Waals surface area contributed by atoms with Crippen molar-refractivity contribution in [3.63, 3.8) is 0 Å². The molecule has 0 spiro atoms. The molecule has 2 aliphatic rings. The van der Waals surface area contributed by atoms with E-state index in [0.717, 1.165) is 22.3 Å². The molecule has 0 radical (unpaired) electrons. The SMILES string of the molecule is CC[C@@H](CS(=O)(=O)C(C)(C)C)N1C(=O)[C@@H](Cc2nnn(C)n2)O[C@H](c2cccc(Cl)c2)[C@H]1c1ccc(Cl)cc1.CC[C@@H](CS(=O)(=O)C(C)(C)C)N1C(=O)[C@@H](Cc2nnnn2C)O[C@H](c2cccc(Cl)c2)[C@H]1c1ccc(Cl)cc1. The van der Waals surface area contributed by atoms with Crippen LogP contribution in [0, 0.1) is 0 Å². The molecular weight excluding hydrogens is 1120 g/mol. The van der Waals surface area contributed by atoms with Crippen LogP contribution in [-0.2, 0) is 65.7 Å². The molecule has 2 aromatic heterocycles. The second kappa shape index (κ2) is 24.8. The smallest absolute Gasteiger partial charge is 0.253 e. The van der Waals surface area contributed by atoms with Crippen LogP contribution in [0.15, 0.2) is 97.1 Å². The molecule has 0 saturated carbocycles. The van der Waals surface area contributed by atoms with E-state index in [1.54, 1.807) is 114 Å². The van der Waals surface area contributed by atoms with Crippen LogP contribution >= 0.6 is 46.4 Å². The van der Waals surface area contributed by atoms with Gasteiger partial charge in [0.25, 0.3) is 11.8 Å². The highest BCUT2D eigenvalue weighted by molar-refractivity contribution is 7.93. The van der Waals surface area contributed by atoms with Crippen molar-refractivity contribution in [3.05, 3.63) is 151 Å². The third-order valence-electron chi connectivity index (χ3n) is 14.0. The maximum absolute atomic E-state index is 14.3. The van der Waals surface area contributed by atoms with Crippen molar-refractivity contribution in [2.24, 2.45) is 14.1 Å². The number of carbonyl (C=O) groups is 2. The molecule has 0 N–H and O–H groups in total. The minimum atomic E-state index is -3.57. The lowest BCUT2D eigenvalue weighted by Gasteiger charge is -2.48. The normalized spacial score (nSPS) is 21.3. The fourth-order valence-electron chi connectivity index (χ4n) is 9.44. The van der Waals surface area contributed by atoms with Gasteiger partial charge in [-0.15, -0.1) is 15.3 Å². The Morgan fingerprint density at radius 3 is 1.33 bits per heavy atom. The molecule has 420 valence electrons. The summed E-state index contributed by atoms with van der Waals surface area (Å²) in [6, 6.07) is 26.4. The number of sulfone groups is 2. The van der Waals surface area contributed by atoms with Gasteiger partial charge in [0.2, 0.25) is 0 Å². The summed E-state index contributed by atoms with van der Waals surface area (Å²) < 4.78 is 66.2. The molecule has 2 amide bonds. The van der Waals surface area contributed by atoms with Gasteiger partial charge in [-0.05, 0) is 141 Å². The lowest BCUT2D eigenvalue weighted by atomic mass is 9.89. The van der Waals surface area contributed by atoms with E-state index in [1.165, 1.54) is 9.48 Å². The van der Waals surface area contributed by atoms with Gasteiger partial charge in [-0.1, -0.05) is 109 Å². The molecule has 0 bridgehead atoms. The number of tetrazole rings is 2. The predicted molar refractivity (Wildman–Crippen MR) is 300 cm³/mol. The monoisotopic (exact) mass is 1190 g/mol. The summed E-state index contributed by atoms with van der Waals surface area (Å²) in [6.07, 6.45) is -2.19. The van der Waals surface area contributed by atoms with Gasteiger partial charge >= 0.3 is 0 Å². The standard InChI is InChI=1S/2C27H33Cl2N5O4S/c1-6-21(16-39(36,37)27(2,3)4)34-24(17-10-12-19(28)13-11-17)25(18-8-7-9-20(29)14-18)38-22(26(34)35)15-23-30-31-32-33(23)5;1-6-21(16-39(36,37)27(2,3)4)34-24(17-10-12-19(28)13-11-17)25(18-8-7-9-20(29)14-18)38-22(26(34)35)15-23-30-32-33(5)31-23/h2*7-14,21-22,24-25H,6,15-16H2,1-5H3/t2*21-,22+,24+,25+/m00/s1. The lowest BCUT2D eigenvalue weighted by molar-refractivity contribution is -0.179. The minimum Gasteiger partial charge on any atom is -0.357 e. The van der Waals surface area contributed by atoms with E-state index in [1.807, 2.05) is 62.4 Å². The van der Waals surface area contributed by atoms with Gasteiger partial charge < -0.3 is 19.3 Å². The molecule has 0 unspecified atom stereocenters. The van der Waals surface area contributed by atoms with E-state index in [2.05, 4.69) is 30.9 Å². The zero-order valence-electron chi connectivity index (χ0n) is 45.2. The van der Waals surface area contributed by atoms with E-state index < -0.39 is 77.8 Å². The van der Waals surface area contributed by atoms with Crippen molar-refractivity contribution in [2.75, 3.05) is 11.5 Å². The third-order valence-corrected chi connectivity index (χ3v) is 20.4. The molecule has 2 fully saturated rings. The van der Waals surface area contributed by atoms with Gasteiger partial charge in [-0.2, -0.15) is 4.80 Å². The average Bonchev–Trinajstić information content (AvgIpc) is 3.99. The molecular formula is C54H66Cl4N10O8S2. The largest absolute Gasteiger partial charge is 0.357 e. The topological polar surface area (TPSA) is 215 Å². The van der Waals surface area contributed by atoms with Crippen molar-refractivity contribution >= 4 is 77.9 Å². The molecule has 8 rings (SSSR count). The fraction of sp³-hybridized carbons (Fsp3) is 0.481. The summed E-state index contributed by atoms with van der Waals surface area (Å²) in [5.74, 6) is -0.229. The quantitative estimate of drug-likeness (QED) is 0.0883. The lowest BCUT2D eigenvalue weighted by Crippen LogP contribution is -2.57. The van der Waals surface area contributed by atoms with E-state index in [0.29, 0.717) is 44.6 Å². The van der Waals surface area contributed by atoms with E-state index in [4.69, 9.17) is 55.9 Å². The summed E-state index contributed by atoms with van der Waals surface area (Å²) in [5.41, 5.74) is 3.05. The van der Waals surface area contributed by atoms with Gasteiger partial charge in [-0.3, -0.25) is 9.59 Å². The summed E-state index contributed by atoms with van der Waals surface area (Å²) in [4.78, 5) is 33.2. The summed E-state index contributed by atoms with van der Waals surface area (Å²) in [6.45, 7) is 13.8. The molecule has 2 aliphatic heterocycles. The first kappa shape index (κ1) is 60.6. The first-order chi connectivity index (χ1) is 36.6. The zero-order valence-corrected chi connectivity index (χ0v) is 49.8. The van der Waals surface area contributed by atoms with Crippen molar-refractivity contribution in [1.82, 2.24) is 50.2 Å². The molecule has 0 aliphatic carbocycles. The maximum atomic E-state index is 14.3. The second-order valence-electron chi connectivity index (χ2n) is 21.4. The molecule has 18 nitrogen and oxygen atoms in total. The van der Waals surface area contributed by atoms with Gasteiger partial charge in [0.15, 0.2) is 31.3 Å². The van der Waals surface area contributed by atoms with Crippen molar-refractivity contribution in [3.8, 4) is 0 Å². The molecule has 4 heterocycles. The number of ether oxygens (including phenoxy) is 2.